The molecule has 1 N–H and O–H groups in total. The highest BCUT2D eigenvalue weighted by atomic mass is 32.1. The minimum atomic E-state index is -0.817. The van der Waals surface area contributed by atoms with Crippen molar-refractivity contribution in [3.63, 3.8) is 0 Å². The molecule has 4 nitrogen and oxygen atoms in total. The predicted octanol–water partition coefficient (Wildman–Crippen LogP) is 2.23. The van der Waals surface area contributed by atoms with E-state index >= 15 is 0 Å². The average molecular weight is 262 g/mol. The first kappa shape index (κ1) is 12.7. The average Bonchev–Trinajstić information content (AvgIpc) is 2.82. The van der Waals surface area contributed by atoms with Crippen LogP contribution in [0.3, 0.4) is 0 Å². The second-order valence-corrected chi connectivity index (χ2v) is 4.97. The Balaban J connectivity index is 2.03. The molecule has 0 saturated heterocycles. The fourth-order valence-electron chi connectivity index (χ4n) is 1.70. The highest BCUT2D eigenvalue weighted by Crippen LogP contribution is 2.13. The van der Waals surface area contributed by atoms with Crippen molar-refractivity contribution in [3.05, 3.63) is 52.5 Å². The first-order chi connectivity index (χ1) is 8.74. The molecule has 0 unspecified atom stereocenters. The van der Waals surface area contributed by atoms with E-state index in [-0.39, 0.29) is 6.54 Å². The molecule has 2 aromatic rings. The Morgan fingerprint density at radius 1 is 1.28 bits per heavy atom. The van der Waals surface area contributed by atoms with Crippen molar-refractivity contribution in [2.24, 2.45) is 0 Å². The van der Waals surface area contributed by atoms with Gasteiger partial charge in [-0.1, -0.05) is 12.1 Å². The molecule has 0 spiro atoms. The molecule has 0 aliphatic carbocycles. The maximum Gasteiger partial charge on any atom is 0.317 e. The van der Waals surface area contributed by atoms with Crippen molar-refractivity contribution >= 4 is 17.3 Å². The van der Waals surface area contributed by atoms with Crippen LogP contribution in [-0.2, 0) is 17.9 Å². The topological polar surface area (TPSA) is 53.4 Å². The van der Waals surface area contributed by atoms with Gasteiger partial charge in [0.1, 0.15) is 0 Å². The van der Waals surface area contributed by atoms with Crippen molar-refractivity contribution in [3.8, 4) is 0 Å². The molecule has 0 bridgehead atoms. The Hall–Kier alpha value is -1.72. The van der Waals surface area contributed by atoms with Crippen LogP contribution in [0.15, 0.2) is 41.9 Å². The van der Waals surface area contributed by atoms with Gasteiger partial charge in [0.05, 0.1) is 12.2 Å². The van der Waals surface area contributed by atoms with E-state index < -0.39 is 5.97 Å². The number of carbonyl (C=O) groups is 1. The van der Waals surface area contributed by atoms with Gasteiger partial charge >= 0.3 is 5.97 Å². The first-order valence-corrected chi connectivity index (χ1v) is 6.48. The van der Waals surface area contributed by atoms with Gasteiger partial charge in [0.15, 0.2) is 0 Å². The Morgan fingerprint density at radius 2 is 2.17 bits per heavy atom. The Labute approximate surface area is 110 Å². The summed E-state index contributed by atoms with van der Waals surface area (Å²) in [6.45, 7) is 1.21. The smallest absolute Gasteiger partial charge is 0.317 e. The molecule has 2 aromatic heterocycles. The minimum absolute atomic E-state index is 0.0223. The number of rotatable bonds is 6. The number of pyridine rings is 1. The summed E-state index contributed by atoms with van der Waals surface area (Å²) in [5, 5.41) is 10.9. The minimum Gasteiger partial charge on any atom is -0.480 e. The number of hydrogen-bond acceptors (Lipinski definition) is 4. The van der Waals surface area contributed by atoms with Crippen LogP contribution in [0.4, 0.5) is 0 Å². The highest BCUT2D eigenvalue weighted by molar-refractivity contribution is 7.09. The number of aliphatic carboxylic acids is 1. The molecule has 0 radical (unpaired) electrons. The molecule has 0 aromatic carbocycles. The van der Waals surface area contributed by atoms with E-state index in [9.17, 15) is 4.79 Å². The van der Waals surface area contributed by atoms with Crippen LogP contribution in [0.2, 0.25) is 0 Å². The summed E-state index contributed by atoms with van der Waals surface area (Å²) in [6, 6.07) is 9.65. The van der Waals surface area contributed by atoms with E-state index in [0.29, 0.717) is 13.1 Å². The van der Waals surface area contributed by atoms with Crippen molar-refractivity contribution in [1.82, 2.24) is 9.88 Å². The third kappa shape index (κ3) is 3.94. The molecule has 0 aliphatic rings. The molecule has 5 heteroatoms. The van der Waals surface area contributed by atoms with Crippen molar-refractivity contribution in [1.29, 1.82) is 0 Å². The van der Waals surface area contributed by atoms with Crippen LogP contribution in [0.25, 0.3) is 0 Å². The number of aromatic nitrogens is 1. The molecule has 2 rings (SSSR count). The van der Waals surface area contributed by atoms with Gasteiger partial charge in [0.2, 0.25) is 0 Å². The molecule has 0 atom stereocenters. The lowest BCUT2D eigenvalue weighted by Crippen LogP contribution is -2.28. The summed E-state index contributed by atoms with van der Waals surface area (Å²) in [6.07, 6.45) is 1.72. The van der Waals surface area contributed by atoms with E-state index in [0.717, 1.165) is 10.6 Å². The summed E-state index contributed by atoms with van der Waals surface area (Å²) < 4.78 is 0. The second-order valence-electron chi connectivity index (χ2n) is 3.94. The SMILES string of the molecule is O=C(O)CN(Cc1ccccn1)Cc1cccs1. The quantitative estimate of drug-likeness (QED) is 0.867. The number of carboxylic acids is 1. The monoisotopic (exact) mass is 262 g/mol. The molecule has 0 amide bonds. The number of carboxylic acid groups (broad SMARTS) is 1. The summed E-state index contributed by atoms with van der Waals surface area (Å²) in [5.41, 5.74) is 0.885. The standard InChI is InChI=1S/C13H14N2O2S/c16-13(17)10-15(9-12-5-3-7-18-12)8-11-4-1-2-6-14-11/h1-7H,8-10H2,(H,16,17). The van der Waals surface area contributed by atoms with Gasteiger partial charge in [-0.15, -0.1) is 11.3 Å². The van der Waals surface area contributed by atoms with E-state index in [1.54, 1.807) is 17.5 Å². The maximum absolute atomic E-state index is 10.9. The van der Waals surface area contributed by atoms with Gasteiger partial charge < -0.3 is 5.11 Å². The van der Waals surface area contributed by atoms with Gasteiger partial charge in [-0.25, -0.2) is 0 Å². The van der Waals surface area contributed by atoms with E-state index in [4.69, 9.17) is 5.11 Å². The predicted molar refractivity (Wildman–Crippen MR) is 70.3 cm³/mol. The summed E-state index contributed by atoms with van der Waals surface area (Å²) in [4.78, 5) is 18.1. The van der Waals surface area contributed by atoms with Crippen LogP contribution in [-0.4, -0.2) is 27.5 Å². The molecular weight excluding hydrogens is 248 g/mol. The number of hydrogen-bond donors (Lipinski definition) is 1. The lowest BCUT2D eigenvalue weighted by molar-refractivity contribution is -0.138. The first-order valence-electron chi connectivity index (χ1n) is 5.60. The zero-order valence-corrected chi connectivity index (χ0v) is 10.6. The maximum atomic E-state index is 10.9. The molecule has 0 saturated carbocycles. The lowest BCUT2D eigenvalue weighted by Gasteiger charge is -2.18. The van der Waals surface area contributed by atoms with Crippen LogP contribution in [0.5, 0.6) is 0 Å². The van der Waals surface area contributed by atoms with Gasteiger partial charge in [-0.3, -0.25) is 14.7 Å². The largest absolute Gasteiger partial charge is 0.480 e. The van der Waals surface area contributed by atoms with Crippen molar-refractivity contribution < 1.29 is 9.90 Å². The third-order valence-corrected chi connectivity index (χ3v) is 3.29. The normalized spacial score (nSPS) is 10.7. The molecule has 0 aliphatic heterocycles. The molecular formula is C13H14N2O2S. The molecule has 94 valence electrons. The van der Waals surface area contributed by atoms with E-state index in [1.807, 2.05) is 40.6 Å². The van der Waals surface area contributed by atoms with Crippen LogP contribution in [0.1, 0.15) is 10.6 Å². The van der Waals surface area contributed by atoms with Crippen LogP contribution < -0.4 is 0 Å². The van der Waals surface area contributed by atoms with Crippen molar-refractivity contribution in [2.75, 3.05) is 6.54 Å². The summed E-state index contributed by atoms with van der Waals surface area (Å²) >= 11 is 1.63. The fraction of sp³-hybridized carbons (Fsp3) is 0.231. The van der Waals surface area contributed by atoms with Crippen LogP contribution >= 0.6 is 11.3 Å². The Morgan fingerprint density at radius 3 is 2.78 bits per heavy atom. The zero-order chi connectivity index (χ0) is 12.8. The zero-order valence-electron chi connectivity index (χ0n) is 9.82. The number of nitrogens with zero attached hydrogens (tertiary/aromatic N) is 2. The highest BCUT2D eigenvalue weighted by Gasteiger charge is 2.12. The number of thiophene rings is 1. The van der Waals surface area contributed by atoms with Gasteiger partial charge in [0, 0.05) is 24.2 Å². The van der Waals surface area contributed by atoms with Crippen molar-refractivity contribution in [2.45, 2.75) is 13.1 Å². The molecule has 2 heterocycles. The van der Waals surface area contributed by atoms with Crippen LogP contribution in [0, 0.1) is 0 Å². The Bertz CT molecular complexity index is 485. The summed E-state index contributed by atoms with van der Waals surface area (Å²) in [7, 11) is 0. The third-order valence-electron chi connectivity index (χ3n) is 2.43. The second kappa shape index (κ2) is 6.28. The summed E-state index contributed by atoms with van der Waals surface area (Å²) in [5.74, 6) is -0.817. The van der Waals surface area contributed by atoms with Gasteiger partial charge in [-0.2, -0.15) is 0 Å². The van der Waals surface area contributed by atoms with Gasteiger partial charge in [-0.05, 0) is 23.6 Å². The lowest BCUT2D eigenvalue weighted by atomic mass is 10.3. The fourth-order valence-corrected chi connectivity index (χ4v) is 2.45. The van der Waals surface area contributed by atoms with Gasteiger partial charge in [0.25, 0.3) is 0 Å². The van der Waals surface area contributed by atoms with E-state index in [1.165, 1.54) is 0 Å². The Kier molecular flexibility index (Phi) is 4.44. The molecule has 0 fully saturated rings. The molecule has 18 heavy (non-hydrogen) atoms. The van der Waals surface area contributed by atoms with E-state index in [2.05, 4.69) is 4.98 Å².